The Hall–Kier alpha value is -2.42. The lowest BCUT2D eigenvalue weighted by molar-refractivity contribution is 0.0218. The smallest absolute Gasteiger partial charge is 0.410 e. The predicted molar refractivity (Wildman–Crippen MR) is 104 cm³/mol. The second-order valence-electron chi connectivity index (χ2n) is 7.65. The molecule has 8 nitrogen and oxygen atoms in total. The largest absolute Gasteiger partial charge is 0.444 e. The van der Waals surface area contributed by atoms with Crippen molar-refractivity contribution in [3.05, 3.63) is 28.6 Å². The molecule has 0 saturated carbocycles. The molecule has 1 unspecified atom stereocenters. The minimum Gasteiger partial charge on any atom is -0.444 e. The van der Waals surface area contributed by atoms with Crippen LogP contribution in [0.25, 0.3) is 22.3 Å². The van der Waals surface area contributed by atoms with Gasteiger partial charge in [-0.2, -0.15) is 10.2 Å². The summed E-state index contributed by atoms with van der Waals surface area (Å²) < 4.78 is 6.28. The molecule has 3 heterocycles. The number of H-pyrrole nitrogens is 2. The van der Waals surface area contributed by atoms with Crippen molar-refractivity contribution in [2.75, 3.05) is 6.54 Å². The number of benzene rings is 1. The van der Waals surface area contributed by atoms with Crippen LogP contribution in [-0.2, 0) is 4.74 Å². The second kappa shape index (κ2) is 6.63. The van der Waals surface area contributed by atoms with Crippen LogP contribution in [0.2, 0.25) is 0 Å². The lowest BCUT2D eigenvalue weighted by atomic mass is 10.1. The Labute approximate surface area is 164 Å². The first-order valence-corrected chi connectivity index (χ1v) is 9.67. The summed E-state index contributed by atoms with van der Waals surface area (Å²) in [6.45, 7) is 6.25. The van der Waals surface area contributed by atoms with E-state index >= 15 is 0 Å². The molecule has 0 spiro atoms. The maximum Gasteiger partial charge on any atom is 0.410 e. The number of carbonyl (C=O) groups excluding carboxylic acids is 1. The van der Waals surface area contributed by atoms with Gasteiger partial charge in [-0.15, -0.1) is 0 Å². The molecule has 1 aliphatic rings. The van der Waals surface area contributed by atoms with Crippen LogP contribution in [0.4, 0.5) is 4.79 Å². The zero-order valence-corrected chi connectivity index (χ0v) is 17.0. The van der Waals surface area contributed by atoms with E-state index < -0.39 is 5.60 Å². The zero-order chi connectivity index (χ0) is 19.2. The molecule has 9 heteroatoms. The molecule has 3 aromatic rings. The fraction of sp³-hybridized carbons (Fsp3) is 0.444. The molecule has 1 aliphatic heterocycles. The summed E-state index contributed by atoms with van der Waals surface area (Å²) >= 11 is 3.43. The molecular weight excluding hydrogens is 412 g/mol. The molecule has 2 aromatic heterocycles. The number of likely N-dealkylation sites (tertiary alicyclic amines) is 1. The molecule has 2 N–H and O–H groups in total. The molecule has 142 valence electrons. The highest BCUT2D eigenvalue weighted by Crippen LogP contribution is 2.32. The topological polar surface area (TPSA) is 99.8 Å². The quantitative estimate of drug-likeness (QED) is 0.632. The van der Waals surface area contributed by atoms with E-state index in [1.807, 2.05) is 39.0 Å². The van der Waals surface area contributed by atoms with Crippen LogP contribution in [0.15, 0.2) is 22.8 Å². The third-order valence-electron chi connectivity index (χ3n) is 4.47. The van der Waals surface area contributed by atoms with Crippen LogP contribution in [0, 0.1) is 0 Å². The Morgan fingerprint density at radius 3 is 2.89 bits per heavy atom. The molecule has 4 rings (SSSR count). The summed E-state index contributed by atoms with van der Waals surface area (Å²) in [7, 11) is 0. The van der Waals surface area contributed by atoms with Crippen molar-refractivity contribution in [1.29, 1.82) is 0 Å². The Bertz CT molecular complexity index is 989. The van der Waals surface area contributed by atoms with Gasteiger partial charge in [0, 0.05) is 17.5 Å². The number of nitrogens with zero attached hydrogens (tertiary/aromatic N) is 4. The molecule has 0 radical (unpaired) electrons. The van der Waals surface area contributed by atoms with Gasteiger partial charge in [0.15, 0.2) is 11.6 Å². The number of aromatic nitrogens is 5. The number of carbonyl (C=O) groups is 1. The predicted octanol–water partition coefficient (Wildman–Crippen LogP) is 4.18. The van der Waals surface area contributed by atoms with Gasteiger partial charge in [0.05, 0.1) is 11.6 Å². The third-order valence-corrected chi connectivity index (χ3v) is 5.08. The summed E-state index contributed by atoms with van der Waals surface area (Å²) in [5.74, 6) is 1.27. The van der Waals surface area contributed by atoms with Crippen LogP contribution >= 0.6 is 15.9 Å². The van der Waals surface area contributed by atoms with Gasteiger partial charge in [-0.05, 0) is 67.7 Å². The highest BCUT2D eigenvalue weighted by atomic mass is 79.9. The maximum atomic E-state index is 12.5. The average Bonchev–Trinajstić information content (AvgIpc) is 3.32. The maximum absolute atomic E-state index is 12.5. The van der Waals surface area contributed by atoms with Crippen LogP contribution in [0.1, 0.15) is 45.5 Å². The highest BCUT2D eigenvalue weighted by Gasteiger charge is 2.35. The lowest BCUT2D eigenvalue weighted by Gasteiger charge is -2.27. The first kappa shape index (κ1) is 18.0. The van der Waals surface area contributed by atoms with Crippen LogP contribution < -0.4 is 0 Å². The minimum atomic E-state index is -0.526. The van der Waals surface area contributed by atoms with Crippen molar-refractivity contribution in [3.63, 3.8) is 0 Å². The number of hydrogen-bond acceptors (Lipinski definition) is 5. The van der Waals surface area contributed by atoms with Crippen molar-refractivity contribution in [2.24, 2.45) is 0 Å². The number of halogens is 1. The van der Waals surface area contributed by atoms with Crippen LogP contribution in [-0.4, -0.2) is 48.5 Å². The number of rotatable bonds is 2. The number of aromatic amines is 2. The van der Waals surface area contributed by atoms with E-state index in [4.69, 9.17) is 4.74 Å². The number of amides is 1. The fourth-order valence-electron chi connectivity index (χ4n) is 3.26. The van der Waals surface area contributed by atoms with Gasteiger partial charge in [0.1, 0.15) is 10.2 Å². The number of nitrogens with one attached hydrogen (secondary N) is 2. The van der Waals surface area contributed by atoms with Gasteiger partial charge < -0.3 is 4.74 Å². The van der Waals surface area contributed by atoms with Crippen LogP contribution in [0.3, 0.4) is 0 Å². The molecular formula is C18H21BrN6O2. The summed E-state index contributed by atoms with van der Waals surface area (Å²) in [5.41, 5.74) is 1.32. The second-order valence-corrected chi connectivity index (χ2v) is 8.40. The molecule has 1 atom stereocenters. The van der Waals surface area contributed by atoms with Crippen molar-refractivity contribution >= 4 is 32.9 Å². The van der Waals surface area contributed by atoms with E-state index in [2.05, 4.69) is 41.3 Å². The molecule has 1 amide bonds. The molecule has 0 bridgehead atoms. The number of ether oxygens (including phenoxy) is 1. The zero-order valence-electron chi connectivity index (χ0n) is 15.4. The van der Waals surface area contributed by atoms with E-state index in [9.17, 15) is 4.79 Å². The number of fused-ring (bicyclic) bond motifs is 1. The number of hydrogen-bond donors (Lipinski definition) is 2. The van der Waals surface area contributed by atoms with Crippen molar-refractivity contribution < 1.29 is 9.53 Å². The SMILES string of the molecule is CC(C)(C)OC(=O)N1CCCC1c1n[nH]c(-c2ccc3[nH]nc(Br)c3c2)n1. The van der Waals surface area contributed by atoms with Gasteiger partial charge >= 0.3 is 6.09 Å². The molecule has 1 saturated heterocycles. The van der Waals surface area contributed by atoms with Crippen molar-refractivity contribution in [1.82, 2.24) is 30.3 Å². The summed E-state index contributed by atoms with van der Waals surface area (Å²) in [6, 6.07) is 5.73. The molecule has 27 heavy (non-hydrogen) atoms. The van der Waals surface area contributed by atoms with E-state index in [0.29, 0.717) is 18.2 Å². The van der Waals surface area contributed by atoms with Gasteiger partial charge in [0.25, 0.3) is 0 Å². The first-order valence-electron chi connectivity index (χ1n) is 8.88. The fourth-order valence-corrected chi connectivity index (χ4v) is 3.67. The van der Waals surface area contributed by atoms with E-state index in [1.165, 1.54) is 0 Å². The Balaban J connectivity index is 1.59. The standard InChI is InChI=1S/C18H21BrN6O2/c1-18(2,3)27-17(26)25-8-4-5-13(25)16-20-15(23-24-16)10-6-7-12-11(9-10)14(19)22-21-12/h6-7,9,13H,4-5,8H2,1-3H3,(H,21,22)(H,20,23,24). The summed E-state index contributed by atoms with van der Waals surface area (Å²) in [4.78, 5) is 18.9. The highest BCUT2D eigenvalue weighted by molar-refractivity contribution is 9.10. The van der Waals surface area contributed by atoms with Gasteiger partial charge in [0.2, 0.25) is 0 Å². The first-order chi connectivity index (χ1) is 12.8. The third kappa shape index (κ3) is 3.55. The average molecular weight is 433 g/mol. The molecule has 0 aliphatic carbocycles. The van der Waals surface area contributed by atoms with E-state index in [1.54, 1.807) is 4.90 Å². The summed E-state index contributed by atoms with van der Waals surface area (Å²) in [5, 5.41) is 15.4. The van der Waals surface area contributed by atoms with E-state index in [-0.39, 0.29) is 12.1 Å². The van der Waals surface area contributed by atoms with Crippen molar-refractivity contribution in [3.8, 4) is 11.4 Å². The van der Waals surface area contributed by atoms with E-state index in [0.717, 1.165) is 33.9 Å². The van der Waals surface area contributed by atoms with Gasteiger partial charge in [-0.3, -0.25) is 15.1 Å². The lowest BCUT2D eigenvalue weighted by Crippen LogP contribution is -2.36. The normalized spacial score (nSPS) is 17.6. The van der Waals surface area contributed by atoms with Gasteiger partial charge in [-0.1, -0.05) is 0 Å². The monoisotopic (exact) mass is 432 g/mol. The molecule has 1 fully saturated rings. The van der Waals surface area contributed by atoms with Crippen molar-refractivity contribution in [2.45, 2.75) is 45.3 Å². The Morgan fingerprint density at radius 2 is 2.11 bits per heavy atom. The van der Waals surface area contributed by atoms with Crippen LogP contribution in [0.5, 0.6) is 0 Å². The van der Waals surface area contributed by atoms with Gasteiger partial charge in [-0.25, -0.2) is 9.78 Å². The Morgan fingerprint density at radius 1 is 1.30 bits per heavy atom. The summed E-state index contributed by atoms with van der Waals surface area (Å²) in [6.07, 6.45) is 1.41. The minimum absolute atomic E-state index is 0.172. The molecule has 1 aromatic carbocycles. The Kier molecular flexibility index (Phi) is 4.41.